The minimum Gasteiger partial charge on any atom is -1.00 e. The van der Waals surface area contributed by atoms with Gasteiger partial charge in [0.05, 0.1) is 18.0 Å². The molecule has 6 heteroatoms. The maximum atomic E-state index is 12.6. The third-order valence-corrected chi connectivity index (χ3v) is 8.55. The molecule has 1 aromatic heterocycles. The van der Waals surface area contributed by atoms with E-state index in [1.807, 2.05) is 29.2 Å². The fourth-order valence-corrected chi connectivity index (χ4v) is 5.98. The van der Waals surface area contributed by atoms with Crippen molar-refractivity contribution in [2.45, 2.75) is 124 Å². The van der Waals surface area contributed by atoms with E-state index in [0.29, 0.717) is 6.54 Å². The predicted molar refractivity (Wildman–Crippen MR) is 174 cm³/mol. The zero-order valence-electron chi connectivity index (χ0n) is 26.3. The van der Waals surface area contributed by atoms with Gasteiger partial charge in [0.1, 0.15) is 5.75 Å². The van der Waals surface area contributed by atoms with E-state index in [1.165, 1.54) is 93.9 Å². The summed E-state index contributed by atoms with van der Waals surface area (Å²) in [6.07, 6.45) is 21.2. The molecule has 1 heterocycles. The van der Waals surface area contributed by atoms with Crippen LogP contribution in [0.15, 0.2) is 60.2 Å². The molecule has 4 nitrogen and oxygen atoms in total. The molecule has 0 aliphatic carbocycles. The number of nitrogens with zero attached hydrogens (tertiary/aromatic N) is 2. The number of carbonyl (C=O) groups is 1. The Morgan fingerprint density at radius 1 is 0.810 bits per heavy atom. The number of ether oxygens (including phenoxy) is 1. The monoisotopic (exact) mass is 656 g/mol. The normalized spacial score (nSPS) is 10.8. The number of aromatic nitrogens is 1. The third-order valence-electron chi connectivity index (χ3n) is 7.69. The minimum absolute atomic E-state index is 0. The zero-order chi connectivity index (χ0) is 29.1. The fourth-order valence-electron chi connectivity index (χ4n) is 5.35. The molecule has 0 saturated heterocycles. The number of benzene rings is 2. The average molecular weight is 658 g/mol. The molecule has 232 valence electrons. The summed E-state index contributed by atoms with van der Waals surface area (Å²) in [6.45, 7) is 8.12. The maximum Gasteiger partial charge on any atom is 0.225 e. The van der Waals surface area contributed by atoms with Crippen LogP contribution in [-0.4, -0.2) is 12.5 Å². The Balaban J connectivity index is 0.00000616. The first-order valence-corrected chi connectivity index (χ1v) is 17.0. The zero-order valence-corrected chi connectivity index (χ0v) is 28.7. The van der Waals surface area contributed by atoms with Crippen LogP contribution in [0.1, 0.15) is 120 Å². The molecule has 0 unspecified atom stereocenters. The molecule has 0 atom stereocenters. The van der Waals surface area contributed by atoms with E-state index in [1.54, 1.807) is 18.3 Å². The van der Waals surface area contributed by atoms with Crippen LogP contribution in [0.25, 0.3) is 0 Å². The van der Waals surface area contributed by atoms with Gasteiger partial charge in [-0.3, -0.25) is 4.79 Å². The summed E-state index contributed by atoms with van der Waals surface area (Å²) in [5.41, 5.74) is 5.32. The number of carbonyl (C=O) groups excluding carboxylic acids is 1. The lowest BCUT2D eigenvalue weighted by Crippen LogP contribution is -3.00. The van der Waals surface area contributed by atoms with Crippen molar-refractivity contribution in [1.29, 1.82) is 0 Å². The fraction of sp³-hybridized carbons (Fsp3) is 0.556. The van der Waals surface area contributed by atoms with Gasteiger partial charge in [0.2, 0.25) is 11.4 Å². The van der Waals surface area contributed by atoms with Gasteiger partial charge >= 0.3 is 0 Å². The van der Waals surface area contributed by atoms with E-state index < -0.39 is 0 Å². The van der Waals surface area contributed by atoms with Gasteiger partial charge in [-0.15, -0.1) is 0 Å². The molecule has 3 rings (SSSR count). The topological polar surface area (TPSA) is 33.4 Å². The number of rotatable bonds is 21. The molecular formula is C36H53BrN2O2S. The number of hydrogen-bond acceptors (Lipinski definition) is 3. The Bertz CT molecular complexity index is 1150. The third kappa shape index (κ3) is 14.3. The molecule has 0 N–H and O–H groups in total. The first kappa shape index (κ1) is 36.0. The first-order valence-electron chi connectivity index (χ1n) is 16.1. The van der Waals surface area contributed by atoms with Gasteiger partial charge in [0.15, 0.2) is 12.7 Å². The van der Waals surface area contributed by atoms with Crippen molar-refractivity contribution < 1.29 is 31.1 Å². The van der Waals surface area contributed by atoms with E-state index in [9.17, 15) is 4.79 Å². The summed E-state index contributed by atoms with van der Waals surface area (Å²) < 4.78 is 8.27. The van der Waals surface area contributed by atoms with E-state index in [2.05, 4.69) is 54.4 Å². The summed E-state index contributed by atoms with van der Waals surface area (Å²) in [5.74, 6) is 0.925. The number of thiazole rings is 1. The van der Waals surface area contributed by atoms with Crippen LogP contribution in [0, 0.1) is 6.92 Å². The number of hydrogen-bond donors (Lipinski definition) is 0. The molecule has 0 spiro atoms. The number of unbranched alkanes of at least 4 members (excludes halogenated alkanes) is 13. The highest BCUT2D eigenvalue weighted by Crippen LogP contribution is 2.22. The SMILES string of the molecule is CCCCCCCCCCCCCCCCOc1cccc(CN(C(C)=O)c2cccc(C[n+]3csc(C)c3)c2)c1.[Br-]. The highest BCUT2D eigenvalue weighted by molar-refractivity contribution is 7.09. The van der Waals surface area contributed by atoms with Gasteiger partial charge in [-0.1, -0.05) is 126 Å². The van der Waals surface area contributed by atoms with Gasteiger partial charge in [-0.05, 0) is 43.2 Å². The smallest absolute Gasteiger partial charge is 0.225 e. The van der Waals surface area contributed by atoms with E-state index in [-0.39, 0.29) is 22.9 Å². The Hall–Kier alpha value is -2.18. The predicted octanol–water partition coefficient (Wildman–Crippen LogP) is 6.81. The molecule has 2 aromatic carbocycles. The number of halogens is 1. The highest BCUT2D eigenvalue weighted by atomic mass is 79.9. The van der Waals surface area contributed by atoms with Crippen LogP contribution in [0.2, 0.25) is 0 Å². The lowest BCUT2D eigenvalue weighted by molar-refractivity contribution is -0.683. The molecule has 0 saturated carbocycles. The van der Waals surface area contributed by atoms with Gasteiger partial charge < -0.3 is 26.6 Å². The van der Waals surface area contributed by atoms with Crippen molar-refractivity contribution in [3.63, 3.8) is 0 Å². The van der Waals surface area contributed by atoms with Crippen LogP contribution in [0.5, 0.6) is 5.75 Å². The van der Waals surface area contributed by atoms with Crippen LogP contribution in [0.3, 0.4) is 0 Å². The van der Waals surface area contributed by atoms with Crippen molar-refractivity contribution in [3.05, 3.63) is 76.2 Å². The largest absolute Gasteiger partial charge is 1.00 e. The van der Waals surface area contributed by atoms with E-state index >= 15 is 0 Å². The lowest BCUT2D eigenvalue weighted by atomic mass is 10.0. The number of aryl methyl sites for hydroxylation is 1. The summed E-state index contributed by atoms with van der Waals surface area (Å²) >= 11 is 1.74. The Labute approximate surface area is 270 Å². The second kappa shape index (κ2) is 21.5. The van der Waals surface area contributed by atoms with Gasteiger partial charge in [-0.2, -0.15) is 4.57 Å². The Kier molecular flexibility index (Phi) is 18.4. The second-order valence-corrected chi connectivity index (χ2v) is 12.6. The van der Waals surface area contributed by atoms with Crippen LogP contribution >= 0.6 is 11.3 Å². The van der Waals surface area contributed by atoms with Crippen molar-refractivity contribution in [3.8, 4) is 5.75 Å². The molecule has 0 radical (unpaired) electrons. The van der Waals surface area contributed by atoms with Crippen molar-refractivity contribution in [2.24, 2.45) is 0 Å². The molecule has 3 aromatic rings. The van der Waals surface area contributed by atoms with E-state index in [4.69, 9.17) is 4.74 Å². The van der Waals surface area contributed by atoms with Crippen LogP contribution in [0.4, 0.5) is 5.69 Å². The summed E-state index contributed by atoms with van der Waals surface area (Å²) in [4.78, 5) is 15.8. The summed E-state index contributed by atoms with van der Waals surface area (Å²) in [7, 11) is 0. The number of anilines is 1. The molecule has 0 bridgehead atoms. The molecule has 0 aliphatic heterocycles. The first-order chi connectivity index (χ1) is 20.0. The van der Waals surface area contributed by atoms with Gasteiger partial charge in [0, 0.05) is 18.2 Å². The van der Waals surface area contributed by atoms with Gasteiger partial charge in [-0.25, -0.2) is 0 Å². The average Bonchev–Trinajstić information content (AvgIpc) is 3.38. The molecule has 1 amide bonds. The standard InChI is InChI=1S/C36H53N2O2S.BrH/c1-4-5-6-7-8-9-10-11-12-13-14-15-16-17-24-40-36-23-19-21-34(26-36)29-38(32(3)39)35-22-18-20-33(25-35)28-37-27-31(2)41-30-37;/h18-23,25-27,30H,4-17,24,28-29H2,1-3H3;1H/q+1;/p-1. The van der Waals surface area contributed by atoms with Crippen molar-refractivity contribution >= 4 is 22.9 Å². The lowest BCUT2D eigenvalue weighted by Gasteiger charge is -2.22. The van der Waals surface area contributed by atoms with Gasteiger partial charge in [0.25, 0.3) is 0 Å². The van der Waals surface area contributed by atoms with Crippen molar-refractivity contribution in [2.75, 3.05) is 11.5 Å². The molecular weight excluding hydrogens is 604 g/mol. The Morgan fingerprint density at radius 3 is 2.00 bits per heavy atom. The number of amides is 1. The van der Waals surface area contributed by atoms with Crippen molar-refractivity contribution in [1.82, 2.24) is 0 Å². The quantitative estimate of drug-likeness (QED) is 0.0932. The maximum absolute atomic E-state index is 12.6. The molecule has 0 fully saturated rings. The van der Waals surface area contributed by atoms with E-state index in [0.717, 1.165) is 36.6 Å². The molecule has 42 heavy (non-hydrogen) atoms. The molecule has 0 aliphatic rings. The second-order valence-electron chi connectivity index (χ2n) is 11.5. The Morgan fingerprint density at radius 2 is 1.40 bits per heavy atom. The highest BCUT2D eigenvalue weighted by Gasteiger charge is 2.15. The summed E-state index contributed by atoms with van der Waals surface area (Å²) in [5, 5.41) is 0. The summed E-state index contributed by atoms with van der Waals surface area (Å²) in [6, 6.07) is 16.5. The van der Waals surface area contributed by atoms with Crippen LogP contribution in [-0.2, 0) is 17.9 Å². The van der Waals surface area contributed by atoms with Crippen LogP contribution < -0.4 is 31.2 Å². The minimum atomic E-state index is 0.